The fourth-order valence-electron chi connectivity index (χ4n) is 3.03. The van der Waals surface area contributed by atoms with E-state index in [0.29, 0.717) is 56.9 Å². The van der Waals surface area contributed by atoms with Gasteiger partial charge in [-0.3, -0.25) is 9.59 Å². The van der Waals surface area contributed by atoms with Gasteiger partial charge in [-0.1, -0.05) is 35.5 Å². The van der Waals surface area contributed by atoms with Crippen molar-refractivity contribution in [2.75, 3.05) is 13.1 Å². The summed E-state index contributed by atoms with van der Waals surface area (Å²) < 4.78 is 5.23. The number of hydrogen-bond donors (Lipinski definition) is 1. The highest BCUT2D eigenvalue weighted by molar-refractivity contribution is 5.78. The molecule has 1 aromatic heterocycles. The number of carbonyl (C=O) groups excluding carboxylic acids is 2. The van der Waals surface area contributed by atoms with Gasteiger partial charge >= 0.3 is 0 Å². The molecule has 1 aliphatic heterocycles. The van der Waals surface area contributed by atoms with Crippen molar-refractivity contribution in [2.45, 2.75) is 32.1 Å². The molecule has 0 saturated carbocycles. The number of amides is 2. The summed E-state index contributed by atoms with van der Waals surface area (Å²) in [5, 5.41) is 3.97. The lowest BCUT2D eigenvalue weighted by Crippen LogP contribution is -2.41. The first-order chi connectivity index (χ1) is 12.1. The number of nitrogens with zero attached hydrogens (tertiary/aromatic N) is 3. The highest BCUT2D eigenvalue weighted by Crippen LogP contribution is 2.17. The van der Waals surface area contributed by atoms with E-state index in [4.69, 9.17) is 10.3 Å². The van der Waals surface area contributed by atoms with E-state index in [2.05, 4.69) is 10.1 Å². The van der Waals surface area contributed by atoms with Crippen LogP contribution in [0.5, 0.6) is 0 Å². The summed E-state index contributed by atoms with van der Waals surface area (Å²) in [7, 11) is 0. The Labute approximate surface area is 146 Å². The lowest BCUT2D eigenvalue weighted by Gasteiger charge is -2.30. The molecule has 25 heavy (non-hydrogen) atoms. The summed E-state index contributed by atoms with van der Waals surface area (Å²) in [6.45, 7) is 1.16. The molecular formula is C18H22N4O3. The molecule has 7 heteroatoms. The van der Waals surface area contributed by atoms with Crippen LogP contribution in [0.25, 0.3) is 0 Å². The molecule has 0 atom stereocenters. The van der Waals surface area contributed by atoms with Crippen molar-refractivity contribution in [3.05, 3.63) is 47.6 Å². The number of piperidine rings is 1. The van der Waals surface area contributed by atoms with Gasteiger partial charge in [0.05, 0.1) is 0 Å². The van der Waals surface area contributed by atoms with Gasteiger partial charge in [0.15, 0.2) is 5.82 Å². The highest BCUT2D eigenvalue weighted by atomic mass is 16.5. The number of aryl methyl sites for hydroxylation is 1. The number of benzene rings is 1. The Balaban J connectivity index is 1.46. The van der Waals surface area contributed by atoms with Crippen molar-refractivity contribution in [1.29, 1.82) is 0 Å². The summed E-state index contributed by atoms with van der Waals surface area (Å²) in [6, 6.07) is 9.92. The molecule has 0 unspecified atom stereocenters. The number of rotatable bonds is 6. The minimum Gasteiger partial charge on any atom is -0.369 e. The Kier molecular flexibility index (Phi) is 5.42. The van der Waals surface area contributed by atoms with Crippen molar-refractivity contribution in [3.63, 3.8) is 0 Å². The van der Waals surface area contributed by atoms with Gasteiger partial charge in [0.2, 0.25) is 17.7 Å². The van der Waals surface area contributed by atoms with Crippen LogP contribution in [0.2, 0.25) is 0 Å². The number of carbonyl (C=O) groups is 2. The van der Waals surface area contributed by atoms with Gasteiger partial charge in [-0.15, -0.1) is 0 Å². The lowest BCUT2D eigenvalue weighted by atomic mass is 9.96. The van der Waals surface area contributed by atoms with Crippen LogP contribution in [0.15, 0.2) is 34.9 Å². The van der Waals surface area contributed by atoms with E-state index in [1.807, 2.05) is 30.3 Å². The van der Waals surface area contributed by atoms with Gasteiger partial charge in [-0.2, -0.15) is 4.98 Å². The van der Waals surface area contributed by atoms with E-state index in [1.165, 1.54) is 0 Å². The molecule has 1 aliphatic rings. The predicted molar refractivity (Wildman–Crippen MR) is 90.4 cm³/mol. The predicted octanol–water partition coefficient (Wildman–Crippen LogP) is 1.32. The normalized spacial score (nSPS) is 15.3. The Bertz CT molecular complexity index is 721. The number of likely N-dealkylation sites (tertiary alicyclic amines) is 1. The summed E-state index contributed by atoms with van der Waals surface area (Å²) in [6.07, 6.45) is 2.65. The maximum absolute atomic E-state index is 12.3. The molecule has 1 aromatic carbocycles. The molecule has 0 radical (unpaired) electrons. The third-order valence-corrected chi connectivity index (χ3v) is 4.52. The van der Waals surface area contributed by atoms with Crippen LogP contribution < -0.4 is 5.73 Å². The Morgan fingerprint density at radius 3 is 2.60 bits per heavy atom. The molecule has 0 bridgehead atoms. The topological polar surface area (TPSA) is 102 Å². The first kappa shape index (κ1) is 17.1. The molecule has 2 aromatic rings. The molecule has 2 heterocycles. The second-order valence-electron chi connectivity index (χ2n) is 6.32. The number of aromatic nitrogens is 2. The first-order valence-electron chi connectivity index (χ1n) is 8.54. The molecule has 2 amide bonds. The van der Waals surface area contributed by atoms with Crippen LogP contribution in [0.4, 0.5) is 0 Å². The van der Waals surface area contributed by atoms with Crippen molar-refractivity contribution in [2.24, 2.45) is 11.7 Å². The fraction of sp³-hybridized carbons (Fsp3) is 0.444. The smallest absolute Gasteiger partial charge is 0.227 e. The zero-order valence-corrected chi connectivity index (χ0v) is 14.1. The summed E-state index contributed by atoms with van der Waals surface area (Å²) in [4.78, 5) is 29.6. The molecule has 132 valence electrons. The Morgan fingerprint density at radius 1 is 1.20 bits per heavy atom. The van der Waals surface area contributed by atoms with E-state index in [1.54, 1.807) is 4.90 Å². The van der Waals surface area contributed by atoms with Crippen LogP contribution in [0, 0.1) is 5.92 Å². The maximum atomic E-state index is 12.3. The van der Waals surface area contributed by atoms with E-state index >= 15 is 0 Å². The molecular weight excluding hydrogens is 320 g/mol. The summed E-state index contributed by atoms with van der Waals surface area (Å²) >= 11 is 0. The molecule has 1 fully saturated rings. The SMILES string of the molecule is NC(=O)C1CCN(C(=O)CCc2nc(Cc3ccccc3)no2)CC1. The van der Waals surface area contributed by atoms with Gasteiger partial charge in [0.1, 0.15) is 0 Å². The molecule has 2 N–H and O–H groups in total. The molecule has 3 rings (SSSR count). The van der Waals surface area contributed by atoms with E-state index in [9.17, 15) is 9.59 Å². The second-order valence-corrected chi connectivity index (χ2v) is 6.32. The van der Waals surface area contributed by atoms with Gasteiger partial charge in [-0.05, 0) is 18.4 Å². The maximum Gasteiger partial charge on any atom is 0.227 e. The highest BCUT2D eigenvalue weighted by Gasteiger charge is 2.25. The molecule has 1 saturated heterocycles. The number of primary amides is 1. The van der Waals surface area contributed by atoms with E-state index in [0.717, 1.165) is 5.56 Å². The van der Waals surface area contributed by atoms with E-state index < -0.39 is 0 Å². The third-order valence-electron chi connectivity index (χ3n) is 4.52. The average molecular weight is 342 g/mol. The molecule has 0 spiro atoms. The third kappa shape index (κ3) is 4.65. The first-order valence-corrected chi connectivity index (χ1v) is 8.54. The Morgan fingerprint density at radius 2 is 1.92 bits per heavy atom. The van der Waals surface area contributed by atoms with Gasteiger partial charge in [-0.25, -0.2) is 0 Å². The zero-order chi connectivity index (χ0) is 17.6. The molecule has 7 nitrogen and oxygen atoms in total. The van der Waals surface area contributed by atoms with E-state index in [-0.39, 0.29) is 17.7 Å². The number of nitrogens with two attached hydrogens (primary N) is 1. The van der Waals surface area contributed by atoms with Gasteiger partial charge in [0, 0.05) is 38.3 Å². The summed E-state index contributed by atoms with van der Waals surface area (Å²) in [5.41, 5.74) is 6.43. The van der Waals surface area contributed by atoms with Crippen molar-refractivity contribution in [1.82, 2.24) is 15.0 Å². The fourth-order valence-corrected chi connectivity index (χ4v) is 3.03. The van der Waals surface area contributed by atoms with Gasteiger partial charge < -0.3 is 15.2 Å². The number of hydrogen-bond acceptors (Lipinski definition) is 5. The van der Waals surface area contributed by atoms with Crippen LogP contribution in [0.1, 0.15) is 36.5 Å². The molecule has 0 aliphatic carbocycles. The van der Waals surface area contributed by atoms with Crippen molar-refractivity contribution in [3.8, 4) is 0 Å². The van der Waals surface area contributed by atoms with Gasteiger partial charge in [0.25, 0.3) is 0 Å². The quantitative estimate of drug-likeness (QED) is 0.853. The monoisotopic (exact) mass is 342 g/mol. The van der Waals surface area contributed by atoms with Crippen molar-refractivity contribution < 1.29 is 14.1 Å². The van der Waals surface area contributed by atoms with Crippen LogP contribution in [-0.4, -0.2) is 39.9 Å². The standard InChI is InChI=1S/C18H22N4O3/c19-18(24)14-8-10-22(11-9-14)17(23)7-6-16-20-15(21-25-16)12-13-4-2-1-3-5-13/h1-5,14H,6-12H2,(H2,19,24). The Hall–Kier alpha value is -2.70. The minimum absolute atomic E-state index is 0.0470. The lowest BCUT2D eigenvalue weighted by molar-refractivity contribution is -0.134. The summed E-state index contributed by atoms with van der Waals surface area (Å²) in [5.74, 6) is 0.761. The second kappa shape index (κ2) is 7.92. The largest absolute Gasteiger partial charge is 0.369 e. The minimum atomic E-state index is -0.274. The van der Waals surface area contributed by atoms with Crippen LogP contribution in [-0.2, 0) is 22.4 Å². The van der Waals surface area contributed by atoms with Crippen LogP contribution in [0.3, 0.4) is 0 Å². The zero-order valence-electron chi connectivity index (χ0n) is 14.1. The average Bonchev–Trinajstić information content (AvgIpc) is 3.08. The van der Waals surface area contributed by atoms with Crippen molar-refractivity contribution >= 4 is 11.8 Å². The van der Waals surface area contributed by atoms with Crippen LogP contribution >= 0.6 is 0 Å².